The van der Waals surface area contributed by atoms with Crippen molar-refractivity contribution in [1.82, 2.24) is 0 Å². The molecule has 0 amide bonds. The summed E-state index contributed by atoms with van der Waals surface area (Å²) in [6.45, 7) is 0. The first-order chi connectivity index (χ1) is 6.82. The maximum atomic E-state index is 6.13. The normalized spacial score (nSPS) is 24.0. The molecule has 0 unspecified atom stereocenters. The lowest BCUT2D eigenvalue weighted by atomic mass is 9.71. The van der Waals surface area contributed by atoms with Crippen LogP contribution in [-0.2, 0) is 11.8 Å². The molecule has 1 spiro atoms. The van der Waals surface area contributed by atoms with Crippen molar-refractivity contribution >= 4 is 17.0 Å². The zero-order valence-corrected chi connectivity index (χ0v) is 9.33. The molecule has 2 heteroatoms. The highest BCUT2D eigenvalue weighted by Crippen LogP contribution is 2.52. The maximum absolute atomic E-state index is 6.13. The van der Waals surface area contributed by atoms with E-state index in [9.17, 15) is 0 Å². The Kier molecular flexibility index (Phi) is 1.88. The lowest BCUT2D eigenvalue weighted by Crippen LogP contribution is -2.27. The SMILES string of the molecule is Nc1csc2c1C1(CCCC1)CCC2. The Hall–Kier alpha value is -0.500. The van der Waals surface area contributed by atoms with Gasteiger partial charge in [0, 0.05) is 15.9 Å². The molecule has 1 fully saturated rings. The standard InChI is InChI=1S/C12H17NS/c13-9-8-14-10-4-3-7-12(11(9)10)5-1-2-6-12/h8H,1-7,13H2. The van der Waals surface area contributed by atoms with Gasteiger partial charge < -0.3 is 5.73 Å². The molecule has 3 rings (SSSR count). The smallest absolute Gasteiger partial charge is 0.0463 e. The van der Waals surface area contributed by atoms with Crippen LogP contribution in [0.25, 0.3) is 0 Å². The second kappa shape index (κ2) is 2.99. The van der Waals surface area contributed by atoms with Crippen molar-refractivity contribution in [2.75, 3.05) is 5.73 Å². The fourth-order valence-corrected chi connectivity index (χ4v) is 4.56. The van der Waals surface area contributed by atoms with Crippen LogP contribution in [0.3, 0.4) is 0 Å². The minimum atomic E-state index is 0.512. The predicted molar refractivity (Wildman–Crippen MR) is 61.8 cm³/mol. The molecule has 1 aromatic heterocycles. The average molecular weight is 207 g/mol. The van der Waals surface area contributed by atoms with Crippen LogP contribution >= 0.6 is 11.3 Å². The van der Waals surface area contributed by atoms with Crippen LogP contribution in [-0.4, -0.2) is 0 Å². The molecule has 0 atom stereocenters. The summed E-state index contributed by atoms with van der Waals surface area (Å²) in [5.74, 6) is 0. The third-order valence-electron chi connectivity index (χ3n) is 4.05. The van der Waals surface area contributed by atoms with Gasteiger partial charge in [0.05, 0.1) is 0 Å². The van der Waals surface area contributed by atoms with Crippen LogP contribution in [0.2, 0.25) is 0 Å². The summed E-state index contributed by atoms with van der Waals surface area (Å²) >= 11 is 1.89. The van der Waals surface area contributed by atoms with E-state index in [1.165, 1.54) is 44.9 Å². The van der Waals surface area contributed by atoms with Gasteiger partial charge in [-0.25, -0.2) is 0 Å². The number of hydrogen-bond donors (Lipinski definition) is 1. The Morgan fingerprint density at radius 2 is 1.86 bits per heavy atom. The number of anilines is 1. The molecule has 1 aromatic rings. The summed E-state index contributed by atoms with van der Waals surface area (Å²) in [7, 11) is 0. The molecular formula is C12H17NS. The van der Waals surface area contributed by atoms with E-state index in [1.54, 1.807) is 10.4 Å². The Labute approximate surface area is 89.3 Å². The topological polar surface area (TPSA) is 26.0 Å². The summed E-state index contributed by atoms with van der Waals surface area (Å²) < 4.78 is 0. The van der Waals surface area contributed by atoms with E-state index < -0.39 is 0 Å². The summed E-state index contributed by atoms with van der Waals surface area (Å²) in [5, 5.41) is 2.16. The average Bonchev–Trinajstić information content (AvgIpc) is 2.76. The molecule has 76 valence electrons. The molecule has 0 saturated heterocycles. The number of thiophene rings is 1. The minimum Gasteiger partial charge on any atom is -0.398 e. The van der Waals surface area contributed by atoms with E-state index in [-0.39, 0.29) is 0 Å². The van der Waals surface area contributed by atoms with E-state index >= 15 is 0 Å². The first-order valence-electron chi connectivity index (χ1n) is 5.68. The van der Waals surface area contributed by atoms with Crippen molar-refractivity contribution in [2.45, 2.75) is 50.4 Å². The lowest BCUT2D eigenvalue weighted by molar-refractivity contribution is 0.374. The number of rotatable bonds is 0. The summed E-state index contributed by atoms with van der Waals surface area (Å²) in [6.07, 6.45) is 9.65. The van der Waals surface area contributed by atoms with Crippen LogP contribution in [0.1, 0.15) is 49.0 Å². The van der Waals surface area contributed by atoms with E-state index in [1.807, 2.05) is 11.3 Å². The van der Waals surface area contributed by atoms with Gasteiger partial charge in [0.1, 0.15) is 0 Å². The van der Waals surface area contributed by atoms with Gasteiger partial charge in [-0.2, -0.15) is 0 Å². The molecule has 14 heavy (non-hydrogen) atoms. The molecule has 0 bridgehead atoms. The maximum Gasteiger partial charge on any atom is 0.0463 e. The van der Waals surface area contributed by atoms with Crippen LogP contribution < -0.4 is 5.73 Å². The fraction of sp³-hybridized carbons (Fsp3) is 0.667. The highest BCUT2D eigenvalue weighted by Gasteiger charge is 2.40. The van der Waals surface area contributed by atoms with Crippen molar-refractivity contribution in [3.63, 3.8) is 0 Å². The zero-order valence-electron chi connectivity index (χ0n) is 8.51. The molecule has 2 aliphatic rings. The fourth-order valence-electron chi connectivity index (χ4n) is 3.46. The molecule has 1 heterocycles. The largest absolute Gasteiger partial charge is 0.398 e. The van der Waals surface area contributed by atoms with E-state index in [2.05, 4.69) is 5.38 Å². The molecule has 2 N–H and O–H groups in total. The van der Waals surface area contributed by atoms with E-state index in [4.69, 9.17) is 5.73 Å². The quantitative estimate of drug-likeness (QED) is 0.692. The molecule has 0 radical (unpaired) electrons. The first-order valence-corrected chi connectivity index (χ1v) is 6.56. The Balaban J connectivity index is 2.13. The van der Waals surface area contributed by atoms with Gasteiger partial charge in [-0.1, -0.05) is 12.8 Å². The van der Waals surface area contributed by atoms with E-state index in [0.29, 0.717) is 5.41 Å². The Morgan fingerprint density at radius 3 is 2.64 bits per heavy atom. The second-order valence-electron chi connectivity index (χ2n) is 4.83. The third-order valence-corrected chi connectivity index (χ3v) is 5.11. The molecule has 0 aromatic carbocycles. The van der Waals surface area contributed by atoms with Crippen molar-refractivity contribution in [3.05, 3.63) is 15.8 Å². The summed E-state index contributed by atoms with van der Waals surface area (Å²) in [5.41, 5.74) is 9.29. The Bertz CT molecular complexity index is 347. The lowest BCUT2D eigenvalue weighted by Gasteiger charge is -2.34. The second-order valence-corrected chi connectivity index (χ2v) is 5.79. The van der Waals surface area contributed by atoms with Crippen LogP contribution in [0.4, 0.5) is 5.69 Å². The number of nitrogen functional groups attached to an aromatic ring is 1. The van der Waals surface area contributed by atoms with Crippen LogP contribution in [0, 0.1) is 0 Å². The van der Waals surface area contributed by atoms with Crippen LogP contribution in [0.15, 0.2) is 5.38 Å². The minimum absolute atomic E-state index is 0.512. The molecule has 1 saturated carbocycles. The first kappa shape index (κ1) is 8.78. The number of hydrogen-bond acceptors (Lipinski definition) is 2. The van der Waals surface area contributed by atoms with Gasteiger partial charge in [-0.05, 0) is 43.1 Å². The number of nitrogens with two attached hydrogens (primary N) is 1. The van der Waals surface area contributed by atoms with Gasteiger partial charge in [0.15, 0.2) is 0 Å². The number of fused-ring (bicyclic) bond motifs is 2. The van der Waals surface area contributed by atoms with Gasteiger partial charge in [-0.15, -0.1) is 11.3 Å². The van der Waals surface area contributed by atoms with Gasteiger partial charge >= 0.3 is 0 Å². The van der Waals surface area contributed by atoms with Gasteiger partial charge in [0.25, 0.3) is 0 Å². The molecule has 1 nitrogen and oxygen atoms in total. The number of aryl methyl sites for hydroxylation is 1. The van der Waals surface area contributed by atoms with Crippen molar-refractivity contribution < 1.29 is 0 Å². The summed E-state index contributed by atoms with van der Waals surface area (Å²) in [4.78, 5) is 1.59. The van der Waals surface area contributed by atoms with Crippen molar-refractivity contribution in [2.24, 2.45) is 0 Å². The highest BCUT2D eigenvalue weighted by atomic mass is 32.1. The van der Waals surface area contributed by atoms with Crippen molar-refractivity contribution in [1.29, 1.82) is 0 Å². The zero-order chi connectivity index (χ0) is 9.60. The third kappa shape index (κ3) is 1.07. The van der Waals surface area contributed by atoms with Gasteiger partial charge in [-0.3, -0.25) is 0 Å². The van der Waals surface area contributed by atoms with Crippen molar-refractivity contribution in [3.8, 4) is 0 Å². The molecular weight excluding hydrogens is 190 g/mol. The molecule has 0 aliphatic heterocycles. The molecule has 2 aliphatic carbocycles. The monoisotopic (exact) mass is 207 g/mol. The van der Waals surface area contributed by atoms with E-state index in [0.717, 1.165) is 5.69 Å². The van der Waals surface area contributed by atoms with Crippen LogP contribution in [0.5, 0.6) is 0 Å². The highest BCUT2D eigenvalue weighted by molar-refractivity contribution is 7.10. The Morgan fingerprint density at radius 1 is 1.14 bits per heavy atom. The predicted octanol–water partition coefficient (Wildman–Crippen LogP) is 3.48. The summed E-state index contributed by atoms with van der Waals surface area (Å²) in [6, 6.07) is 0. The van der Waals surface area contributed by atoms with Gasteiger partial charge in [0.2, 0.25) is 0 Å².